The summed E-state index contributed by atoms with van der Waals surface area (Å²) in [5.41, 5.74) is 6.98. The molecule has 0 amide bonds. The van der Waals surface area contributed by atoms with Crippen LogP contribution in [0.15, 0.2) is 42.5 Å². The van der Waals surface area contributed by atoms with Crippen LogP contribution in [-0.2, 0) is 0 Å². The van der Waals surface area contributed by atoms with Gasteiger partial charge in [0.15, 0.2) is 11.5 Å². The maximum absolute atomic E-state index is 12.8. The third-order valence-corrected chi connectivity index (χ3v) is 3.70. The molecule has 2 aromatic rings. The SMILES string of the molecule is NCC(CCOc1ccc(F)cc1)c1ccc2c(c1)OCO2. The van der Waals surface area contributed by atoms with Crippen molar-refractivity contribution >= 4 is 0 Å². The number of ether oxygens (including phenoxy) is 3. The van der Waals surface area contributed by atoms with Gasteiger partial charge < -0.3 is 19.9 Å². The third kappa shape index (κ3) is 3.31. The molecule has 0 bridgehead atoms. The van der Waals surface area contributed by atoms with E-state index in [0.717, 1.165) is 23.5 Å². The molecule has 0 aliphatic carbocycles. The Bertz CT molecular complexity index is 630. The number of hydrogen-bond donors (Lipinski definition) is 1. The van der Waals surface area contributed by atoms with Gasteiger partial charge in [0.2, 0.25) is 6.79 Å². The van der Waals surface area contributed by atoms with Crippen LogP contribution in [0.5, 0.6) is 17.2 Å². The lowest BCUT2D eigenvalue weighted by Gasteiger charge is -2.16. The van der Waals surface area contributed by atoms with Crippen LogP contribution in [0.3, 0.4) is 0 Å². The molecule has 1 heterocycles. The van der Waals surface area contributed by atoms with Crippen molar-refractivity contribution in [2.75, 3.05) is 19.9 Å². The molecule has 2 N–H and O–H groups in total. The fourth-order valence-corrected chi connectivity index (χ4v) is 2.44. The van der Waals surface area contributed by atoms with E-state index in [4.69, 9.17) is 19.9 Å². The van der Waals surface area contributed by atoms with Crippen molar-refractivity contribution in [3.8, 4) is 17.2 Å². The number of fused-ring (bicyclic) bond motifs is 1. The van der Waals surface area contributed by atoms with Crippen molar-refractivity contribution in [1.82, 2.24) is 0 Å². The van der Waals surface area contributed by atoms with E-state index in [1.165, 1.54) is 12.1 Å². The summed E-state index contributed by atoms with van der Waals surface area (Å²) in [5, 5.41) is 0. The summed E-state index contributed by atoms with van der Waals surface area (Å²) in [6, 6.07) is 11.9. The Morgan fingerprint density at radius 3 is 2.64 bits per heavy atom. The number of rotatable bonds is 6. The highest BCUT2D eigenvalue weighted by Crippen LogP contribution is 2.35. The van der Waals surface area contributed by atoms with Gasteiger partial charge in [-0.15, -0.1) is 0 Å². The maximum atomic E-state index is 12.8. The van der Waals surface area contributed by atoms with Gasteiger partial charge in [0.25, 0.3) is 0 Å². The van der Waals surface area contributed by atoms with Crippen molar-refractivity contribution in [1.29, 1.82) is 0 Å². The van der Waals surface area contributed by atoms with Gasteiger partial charge in [-0.3, -0.25) is 0 Å². The summed E-state index contributed by atoms with van der Waals surface area (Å²) in [6.07, 6.45) is 0.771. The lowest BCUT2D eigenvalue weighted by atomic mass is 9.96. The molecule has 2 aromatic carbocycles. The van der Waals surface area contributed by atoms with Crippen molar-refractivity contribution in [3.05, 3.63) is 53.8 Å². The Hall–Kier alpha value is -2.27. The topological polar surface area (TPSA) is 53.7 Å². The first kappa shape index (κ1) is 14.7. The van der Waals surface area contributed by atoms with Crippen LogP contribution < -0.4 is 19.9 Å². The van der Waals surface area contributed by atoms with Gasteiger partial charge in [-0.1, -0.05) is 6.07 Å². The second kappa shape index (κ2) is 6.66. The van der Waals surface area contributed by atoms with Crippen LogP contribution in [0, 0.1) is 5.82 Å². The van der Waals surface area contributed by atoms with Crippen molar-refractivity contribution in [2.24, 2.45) is 5.73 Å². The van der Waals surface area contributed by atoms with Crippen molar-refractivity contribution < 1.29 is 18.6 Å². The summed E-state index contributed by atoms with van der Waals surface area (Å²) in [6.45, 7) is 1.30. The normalized spacial score (nSPS) is 13.9. The first-order valence-corrected chi connectivity index (χ1v) is 7.24. The molecule has 0 spiro atoms. The first-order valence-electron chi connectivity index (χ1n) is 7.24. The van der Waals surface area contributed by atoms with Crippen LogP contribution in [0.25, 0.3) is 0 Å². The van der Waals surface area contributed by atoms with Crippen LogP contribution >= 0.6 is 0 Å². The Morgan fingerprint density at radius 2 is 1.86 bits per heavy atom. The molecule has 5 heteroatoms. The van der Waals surface area contributed by atoms with Crippen LogP contribution in [0.2, 0.25) is 0 Å². The third-order valence-electron chi connectivity index (χ3n) is 3.70. The van der Waals surface area contributed by atoms with Gasteiger partial charge in [0.05, 0.1) is 6.61 Å². The first-order chi connectivity index (χ1) is 10.8. The molecule has 1 aliphatic rings. The zero-order valence-corrected chi connectivity index (χ0v) is 12.1. The number of benzene rings is 2. The fourth-order valence-electron chi connectivity index (χ4n) is 2.44. The summed E-state index contributed by atoms with van der Waals surface area (Å²) in [5.74, 6) is 2.09. The standard InChI is InChI=1S/C17H18FNO3/c18-14-2-4-15(5-3-14)20-8-7-13(10-19)12-1-6-16-17(9-12)22-11-21-16/h1-6,9,13H,7-8,10-11,19H2. The monoisotopic (exact) mass is 303 g/mol. The van der Waals surface area contributed by atoms with E-state index in [1.54, 1.807) is 12.1 Å². The molecular formula is C17H18FNO3. The summed E-state index contributed by atoms with van der Waals surface area (Å²) in [7, 11) is 0. The highest BCUT2D eigenvalue weighted by Gasteiger charge is 2.17. The lowest BCUT2D eigenvalue weighted by Crippen LogP contribution is -2.15. The van der Waals surface area contributed by atoms with Crippen LogP contribution in [0.4, 0.5) is 4.39 Å². The summed E-state index contributed by atoms with van der Waals surface area (Å²) in [4.78, 5) is 0. The van der Waals surface area contributed by atoms with E-state index < -0.39 is 0 Å². The van der Waals surface area contributed by atoms with Gasteiger partial charge in [-0.25, -0.2) is 4.39 Å². The predicted molar refractivity (Wildman–Crippen MR) is 80.9 cm³/mol. The average molecular weight is 303 g/mol. The van der Waals surface area contributed by atoms with E-state index in [9.17, 15) is 4.39 Å². The summed E-state index contributed by atoms with van der Waals surface area (Å²) >= 11 is 0. The zero-order chi connectivity index (χ0) is 15.4. The molecule has 22 heavy (non-hydrogen) atoms. The minimum Gasteiger partial charge on any atom is -0.494 e. The van der Waals surface area contributed by atoms with E-state index in [-0.39, 0.29) is 18.5 Å². The van der Waals surface area contributed by atoms with Gasteiger partial charge in [-0.05, 0) is 60.8 Å². The van der Waals surface area contributed by atoms with Crippen molar-refractivity contribution in [2.45, 2.75) is 12.3 Å². The molecule has 0 saturated heterocycles. The molecule has 0 saturated carbocycles. The molecule has 1 aliphatic heterocycles. The fraction of sp³-hybridized carbons (Fsp3) is 0.294. The number of hydrogen-bond acceptors (Lipinski definition) is 4. The zero-order valence-electron chi connectivity index (χ0n) is 12.1. The second-order valence-electron chi connectivity index (χ2n) is 5.14. The highest BCUT2D eigenvalue weighted by atomic mass is 19.1. The molecule has 0 aromatic heterocycles. The summed E-state index contributed by atoms with van der Waals surface area (Å²) < 4.78 is 29.2. The molecule has 3 rings (SSSR count). The minimum absolute atomic E-state index is 0.176. The molecule has 0 fully saturated rings. The van der Waals surface area contributed by atoms with Crippen LogP contribution in [-0.4, -0.2) is 19.9 Å². The predicted octanol–water partition coefficient (Wildman–Crippen LogP) is 3.07. The quantitative estimate of drug-likeness (QED) is 0.891. The van der Waals surface area contributed by atoms with E-state index in [2.05, 4.69) is 0 Å². The molecule has 1 unspecified atom stereocenters. The minimum atomic E-state index is -0.271. The van der Waals surface area contributed by atoms with Crippen molar-refractivity contribution in [3.63, 3.8) is 0 Å². The molecule has 1 atom stereocenters. The Morgan fingerprint density at radius 1 is 1.09 bits per heavy atom. The number of halogens is 1. The smallest absolute Gasteiger partial charge is 0.231 e. The van der Waals surface area contributed by atoms with E-state index in [1.807, 2.05) is 18.2 Å². The maximum Gasteiger partial charge on any atom is 0.231 e. The largest absolute Gasteiger partial charge is 0.494 e. The Balaban J connectivity index is 1.59. The van der Waals surface area contributed by atoms with E-state index in [0.29, 0.717) is 18.9 Å². The Labute approximate surface area is 128 Å². The molecule has 116 valence electrons. The van der Waals surface area contributed by atoms with Gasteiger partial charge in [0.1, 0.15) is 11.6 Å². The van der Waals surface area contributed by atoms with Gasteiger partial charge in [0, 0.05) is 0 Å². The number of nitrogens with two attached hydrogens (primary N) is 1. The van der Waals surface area contributed by atoms with Gasteiger partial charge >= 0.3 is 0 Å². The Kier molecular flexibility index (Phi) is 4.44. The highest BCUT2D eigenvalue weighted by molar-refractivity contribution is 5.45. The molecular weight excluding hydrogens is 285 g/mol. The average Bonchev–Trinajstić information content (AvgIpc) is 3.01. The molecule has 4 nitrogen and oxygen atoms in total. The lowest BCUT2D eigenvalue weighted by molar-refractivity contribution is 0.174. The van der Waals surface area contributed by atoms with Crippen LogP contribution in [0.1, 0.15) is 17.9 Å². The van der Waals surface area contributed by atoms with E-state index >= 15 is 0 Å². The van der Waals surface area contributed by atoms with Gasteiger partial charge in [-0.2, -0.15) is 0 Å². The molecule has 0 radical (unpaired) electrons. The second-order valence-corrected chi connectivity index (χ2v) is 5.14.